The molecule has 0 spiro atoms. The van der Waals surface area contributed by atoms with E-state index < -0.39 is 42.4 Å². The Kier molecular flexibility index (Phi) is 9.40. The minimum Gasteiger partial charge on any atom is -0.345 e. The second-order valence-corrected chi connectivity index (χ2v) is 7.60. The number of amides is 2. The first-order chi connectivity index (χ1) is 15.6. The van der Waals surface area contributed by atoms with Crippen LogP contribution in [-0.2, 0) is 29.0 Å². The summed E-state index contributed by atoms with van der Waals surface area (Å²) in [5.41, 5.74) is 8.04. The first kappa shape index (κ1) is 26.3. The van der Waals surface area contributed by atoms with Crippen LogP contribution < -0.4 is 11.1 Å². The molecule has 2 aromatic carbocycles. The zero-order valence-electron chi connectivity index (χ0n) is 18.7. The van der Waals surface area contributed by atoms with Gasteiger partial charge in [-0.25, -0.2) is 4.39 Å². The third kappa shape index (κ3) is 7.56. The fourth-order valence-corrected chi connectivity index (χ4v) is 3.68. The van der Waals surface area contributed by atoms with Crippen LogP contribution in [0.2, 0.25) is 0 Å². The van der Waals surface area contributed by atoms with Gasteiger partial charge in [-0.05, 0) is 29.2 Å². The lowest BCUT2D eigenvalue weighted by atomic mass is 9.92. The molecule has 0 bridgehead atoms. The molecule has 9 heteroatoms. The van der Waals surface area contributed by atoms with Crippen molar-refractivity contribution in [3.63, 3.8) is 0 Å². The number of carbonyl (C=O) groups excluding carboxylic acids is 2. The van der Waals surface area contributed by atoms with E-state index in [1.165, 1.54) is 11.0 Å². The van der Waals surface area contributed by atoms with Crippen LogP contribution in [0.4, 0.5) is 17.6 Å². The topological polar surface area (TPSA) is 75.4 Å². The summed E-state index contributed by atoms with van der Waals surface area (Å²) in [6.45, 7) is 2.62. The monoisotopic (exact) mass is 467 g/mol. The van der Waals surface area contributed by atoms with Crippen LogP contribution in [0, 0.1) is 5.82 Å². The van der Waals surface area contributed by atoms with Gasteiger partial charge in [-0.2, -0.15) is 13.2 Å². The number of nitrogens with two attached hydrogens (primary N) is 1. The molecule has 0 aromatic heterocycles. The summed E-state index contributed by atoms with van der Waals surface area (Å²) in [6, 6.07) is 11.4. The Morgan fingerprint density at radius 2 is 1.70 bits per heavy atom. The van der Waals surface area contributed by atoms with E-state index in [0.29, 0.717) is 5.56 Å². The lowest BCUT2D eigenvalue weighted by Crippen LogP contribution is -2.54. The number of alkyl halides is 3. The van der Waals surface area contributed by atoms with Gasteiger partial charge >= 0.3 is 6.18 Å². The minimum atomic E-state index is -4.56. The number of nitrogens with zero attached hydrogens (tertiary/aromatic N) is 1. The number of fused-ring (bicyclic) bond motifs is 1. The Hall–Kier alpha value is -2.94. The van der Waals surface area contributed by atoms with Crippen molar-refractivity contribution in [1.29, 1.82) is 0 Å². The molecule has 33 heavy (non-hydrogen) atoms. The highest BCUT2D eigenvalue weighted by molar-refractivity contribution is 5.88. The van der Waals surface area contributed by atoms with Gasteiger partial charge in [-0.1, -0.05) is 56.3 Å². The molecule has 2 aromatic rings. The van der Waals surface area contributed by atoms with Crippen molar-refractivity contribution in [1.82, 2.24) is 10.2 Å². The van der Waals surface area contributed by atoms with Gasteiger partial charge < -0.3 is 16.0 Å². The van der Waals surface area contributed by atoms with Gasteiger partial charge in [0.2, 0.25) is 11.8 Å². The fraction of sp³-hybridized carbons (Fsp3) is 0.417. The molecule has 1 aliphatic rings. The molecule has 5 nitrogen and oxygen atoms in total. The van der Waals surface area contributed by atoms with Crippen molar-refractivity contribution in [2.24, 2.45) is 5.73 Å². The normalized spacial score (nSPS) is 16.2. The minimum absolute atomic E-state index is 0.0888. The summed E-state index contributed by atoms with van der Waals surface area (Å²) in [7, 11) is 0. The molecule has 3 rings (SSSR count). The van der Waals surface area contributed by atoms with Gasteiger partial charge in [-0.15, -0.1) is 0 Å². The van der Waals surface area contributed by atoms with Crippen molar-refractivity contribution in [3.05, 3.63) is 71.0 Å². The number of nitrogens with one attached hydrogen (secondary N) is 1. The highest BCUT2D eigenvalue weighted by Crippen LogP contribution is 2.25. The molecule has 3 N–H and O–H groups in total. The van der Waals surface area contributed by atoms with Crippen LogP contribution in [0.25, 0.3) is 0 Å². The lowest BCUT2D eigenvalue weighted by molar-refractivity contribution is -0.147. The third-order valence-corrected chi connectivity index (χ3v) is 5.21. The predicted molar refractivity (Wildman–Crippen MR) is 118 cm³/mol. The number of carbonyl (C=O) groups is 2. The predicted octanol–water partition coefficient (Wildman–Crippen LogP) is 3.74. The summed E-state index contributed by atoms with van der Waals surface area (Å²) in [4.78, 5) is 26.7. The molecule has 0 radical (unpaired) electrons. The van der Waals surface area contributed by atoms with Crippen LogP contribution in [0.5, 0.6) is 0 Å². The maximum atomic E-state index is 13.9. The van der Waals surface area contributed by atoms with Crippen molar-refractivity contribution in [2.45, 2.75) is 57.9 Å². The molecule has 1 aliphatic heterocycles. The second kappa shape index (κ2) is 11.8. The summed E-state index contributed by atoms with van der Waals surface area (Å²) in [5.74, 6) is -1.77. The van der Waals surface area contributed by atoms with E-state index in [4.69, 9.17) is 5.73 Å². The van der Waals surface area contributed by atoms with Crippen LogP contribution in [0.15, 0.2) is 48.5 Å². The maximum absolute atomic E-state index is 13.9. The van der Waals surface area contributed by atoms with Crippen molar-refractivity contribution < 1.29 is 27.2 Å². The maximum Gasteiger partial charge on any atom is 0.405 e. The van der Waals surface area contributed by atoms with E-state index in [-0.39, 0.29) is 25.8 Å². The number of hydrogen-bond acceptors (Lipinski definition) is 3. The molecule has 0 aliphatic carbocycles. The largest absolute Gasteiger partial charge is 0.405 e. The van der Waals surface area contributed by atoms with E-state index in [2.05, 4.69) is 0 Å². The van der Waals surface area contributed by atoms with Gasteiger partial charge in [0, 0.05) is 25.4 Å². The zero-order chi connectivity index (χ0) is 24.6. The molecule has 2 atom stereocenters. The Morgan fingerprint density at radius 3 is 2.33 bits per heavy atom. The number of halogens is 4. The average Bonchev–Trinajstić information content (AvgIpc) is 2.79. The van der Waals surface area contributed by atoms with Crippen LogP contribution in [0.1, 0.15) is 37.0 Å². The molecular weight excluding hydrogens is 438 g/mol. The lowest BCUT2D eigenvalue weighted by Gasteiger charge is -2.36. The van der Waals surface area contributed by atoms with Crippen molar-refractivity contribution >= 4 is 11.8 Å². The summed E-state index contributed by atoms with van der Waals surface area (Å²) in [5, 5.41) is 1.87. The van der Waals surface area contributed by atoms with E-state index in [1.807, 2.05) is 19.2 Å². The molecule has 0 fully saturated rings. The van der Waals surface area contributed by atoms with E-state index in [1.54, 1.807) is 42.5 Å². The van der Waals surface area contributed by atoms with Crippen LogP contribution in [-0.4, -0.2) is 41.5 Å². The number of rotatable bonds is 6. The molecule has 1 unspecified atom stereocenters. The van der Waals surface area contributed by atoms with Crippen molar-refractivity contribution in [2.75, 3.05) is 6.54 Å². The summed E-state index contributed by atoms with van der Waals surface area (Å²) >= 11 is 0. The Morgan fingerprint density at radius 1 is 1.09 bits per heavy atom. The zero-order valence-corrected chi connectivity index (χ0v) is 18.7. The average molecular weight is 468 g/mol. The highest BCUT2D eigenvalue weighted by Gasteiger charge is 2.37. The summed E-state index contributed by atoms with van der Waals surface area (Å²) in [6.07, 6.45) is -4.50. The molecular formula is C24H29F4N3O2. The first-order valence-electron chi connectivity index (χ1n) is 10.8. The first-order valence-corrected chi connectivity index (χ1v) is 10.8. The number of hydrogen-bond donors (Lipinski definition) is 2. The van der Waals surface area contributed by atoms with Crippen molar-refractivity contribution in [3.8, 4) is 0 Å². The smallest absolute Gasteiger partial charge is 0.345 e. The molecule has 1 heterocycles. The quantitative estimate of drug-likeness (QED) is 0.636. The van der Waals surface area contributed by atoms with E-state index in [0.717, 1.165) is 11.1 Å². The molecule has 0 saturated heterocycles. The van der Waals surface area contributed by atoms with Gasteiger partial charge in [0.05, 0.1) is 0 Å². The van der Waals surface area contributed by atoms with Crippen LogP contribution >= 0.6 is 0 Å². The highest BCUT2D eigenvalue weighted by atomic mass is 19.4. The summed E-state index contributed by atoms with van der Waals surface area (Å²) < 4.78 is 51.5. The second-order valence-electron chi connectivity index (χ2n) is 7.60. The Labute approximate surface area is 191 Å². The van der Waals surface area contributed by atoms with E-state index in [9.17, 15) is 27.2 Å². The van der Waals surface area contributed by atoms with Crippen LogP contribution in [0.3, 0.4) is 0 Å². The van der Waals surface area contributed by atoms with Gasteiger partial charge in [0.15, 0.2) is 0 Å². The molecule has 180 valence electrons. The van der Waals surface area contributed by atoms with Gasteiger partial charge in [-0.3, -0.25) is 9.59 Å². The Bertz CT molecular complexity index is 949. The Balaban J connectivity index is 0.00000187. The van der Waals surface area contributed by atoms with Gasteiger partial charge in [0.25, 0.3) is 0 Å². The van der Waals surface area contributed by atoms with Gasteiger partial charge in [0.1, 0.15) is 18.4 Å². The fourth-order valence-electron chi connectivity index (χ4n) is 3.68. The SMILES string of the molecule is CC.NC(CC(=O)N1Cc2ccccc2C[C@H]1C(=O)NCC(F)(F)F)Cc1ccccc1F. The number of benzene rings is 2. The third-order valence-electron chi connectivity index (χ3n) is 5.21. The molecule has 2 amide bonds. The molecule has 0 saturated carbocycles. The van der Waals surface area contributed by atoms with E-state index >= 15 is 0 Å². The standard InChI is InChI=1S/C22H23F4N3O2.C2H6/c23-18-8-4-3-6-15(18)9-17(27)11-20(30)29-12-16-7-2-1-5-14(16)10-19(29)21(31)28-13-22(24,25)26;1-2/h1-8,17,19H,9-13,27H2,(H,28,31);1-2H3/t17?,19-;/m0./s1.